The Hall–Kier alpha value is -2.35. The molecule has 0 saturated heterocycles. The Kier molecular flexibility index (Phi) is 3.38. The number of nitrogens with zero attached hydrogens (tertiary/aromatic N) is 4. The molecule has 20 heavy (non-hydrogen) atoms. The molecule has 0 fully saturated rings. The van der Waals surface area contributed by atoms with Crippen LogP contribution in [0.1, 0.15) is 18.1 Å². The van der Waals surface area contributed by atoms with Gasteiger partial charge in [-0.1, -0.05) is 30.0 Å². The number of H-pyrrole nitrogens is 1. The van der Waals surface area contributed by atoms with Gasteiger partial charge in [-0.2, -0.15) is 4.98 Å². The number of rotatable bonds is 4. The van der Waals surface area contributed by atoms with E-state index in [9.17, 15) is 0 Å². The molecular formula is C12H12N6OS. The van der Waals surface area contributed by atoms with Crippen molar-refractivity contribution >= 4 is 17.7 Å². The Balaban J connectivity index is 1.76. The van der Waals surface area contributed by atoms with Gasteiger partial charge in [-0.3, -0.25) is 0 Å². The van der Waals surface area contributed by atoms with Crippen LogP contribution < -0.4 is 5.73 Å². The van der Waals surface area contributed by atoms with Gasteiger partial charge >= 0.3 is 0 Å². The molecule has 0 aliphatic rings. The molecule has 102 valence electrons. The lowest BCUT2D eigenvalue weighted by Crippen LogP contribution is -1.90. The van der Waals surface area contributed by atoms with Gasteiger partial charge in [0.1, 0.15) is 0 Å². The van der Waals surface area contributed by atoms with E-state index in [2.05, 4.69) is 25.4 Å². The van der Waals surface area contributed by atoms with E-state index in [4.69, 9.17) is 10.2 Å². The van der Waals surface area contributed by atoms with E-state index < -0.39 is 0 Å². The first-order valence-corrected chi connectivity index (χ1v) is 6.83. The van der Waals surface area contributed by atoms with Gasteiger partial charge < -0.3 is 10.2 Å². The maximum Gasteiger partial charge on any atom is 0.247 e. The van der Waals surface area contributed by atoms with Crippen molar-refractivity contribution in [2.24, 2.45) is 0 Å². The quantitative estimate of drug-likeness (QED) is 0.709. The summed E-state index contributed by atoms with van der Waals surface area (Å²) in [6.45, 7) is 1.94. The number of nitrogens with one attached hydrogen (secondary N) is 1. The summed E-state index contributed by atoms with van der Waals surface area (Å²) in [7, 11) is 0. The van der Waals surface area contributed by atoms with Crippen molar-refractivity contribution in [3.63, 3.8) is 0 Å². The highest BCUT2D eigenvalue weighted by molar-refractivity contribution is 7.99. The molecule has 1 atom stereocenters. The van der Waals surface area contributed by atoms with Crippen molar-refractivity contribution in [3.8, 4) is 11.5 Å². The Morgan fingerprint density at radius 3 is 2.75 bits per heavy atom. The lowest BCUT2D eigenvalue weighted by molar-refractivity contribution is 0.509. The summed E-state index contributed by atoms with van der Waals surface area (Å²) in [5, 5.41) is 15.1. The average molecular weight is 288 g/mol. The van der Waals surface area contributed by atoms with Gasteiger partial charge in [0.05, 0.1) is 5.25 Å². The second-order valence-electron chi connectivity index (χ2n) is 4.07. The van der Waals surface area contributed by atoms with Crippen molar-refractivity contribution < 1.29 is 4.42 Å². The predicted molar refractivity (Wildman–Crippen MR) is 74.8 cm³/mol. The highest BCUT2D eigenvalue weighted by atomic mass is 32.2. The van der Waals surface area contributed by atoms with Gasteiger partial charge in [0, 0.05) is 5.56 Å². The predicted octanol–water partition coefficient (Wildman–Crippen LogP) is 2.29. The van der Waals surface area contributed by atoms with Crippen LogP contribution in [0.4, 0.5) is 5.95 Å². The Labute approximate surface area is 119 Å². The molecular weight excluding hydrogens is 276 g/mol. The molecule has 1 aromatic carbocycles. The number of nitrogen functional groups attached to an aromatic ring is 1. The third-order valence-electron chi connectivity index (χ3n) is 2.57. The highest BCUT2D eigenvalue weighted by Gasteiger charge is 2.18. The third-order valence-corrected chi connectivity index (χ3v) is 3.52. The normalized spacial score (nSPS) is 12.4. The lowest BCUT2D eigenvalue weighted by atomic mass is 10.2. The van der Waals surface area contributed by atoms with Crippen LogP contribution in [0.3, 0.4) is 0 Å². The molecule has 0 bridgehead atoms. The second kappa shape index (κ2) is 5.33. The fourth-order valence-corrected chi connectivity index (χ4v) is 2.38. The summed E-state index contributed by atoms with van der Waals surface area (Å²) < 4.78 is 5.67. The number of anilines is 1. The van der Waals surface area contributed by atoms with E-state index in [0.29, 0.717) is 16.9 Å². The van der Waals surface area contributed by atoms with Crippen LogP contribution in [-0.2, 0) is 0 Å². The molecule has 2 heterocycles. The Bertz CT molecular complexity index is 695. The van der Waals surface area contributed by atoms with Gasteiger partial charge in [0.25, 0.3) is 0 Å². The molecule has 0 radical (unpaired) electrons. The molecule has 0 saturated carbocycles. The van der Waals surface area contributed by atoms with Gasteiger partial charge in [0.15, 0.2) is 0 Å². The van der Waals surface area contributed by atoms with Crippen LogP contribution in [-0.4, -0.2) is 25.4 Å². The molecule has 3 aromatic rings. The van der Waals surface area contributed by atoms with E-state index in [1.165, 1.54) is 11.8 Å². The maximum atomic E-state index is 5.67. The van der Waals surface area contributed by atoms with Crippen molar-refractivity contribution in [3.05, 3.63) is 36.2 Å². The summed E-state index contributed by atoms with van der Waals surface area (Å²) in [5.74, 6) is 1.31. The first-order chi connectivity index (χ1) is 9.72. The highest BCUT2D eigenvalue weighted by Crippen LogP contribution is 2.33. The minimum absolute atomic E-state index is 0.0600. The maximum absolute atomic E-state index is 5.67. The molecule has 7 nitrogen and oxygen atoms in total. The zero-order valence-electron chi connectivity index (χ0n) is 10.6. The molecule has 0 spiro atoms. The number of nitrogens with two attached hydrogens (primary N) is 1. The lowest BCUT2D eigenvalue weighted by Gasteiger charge is -2.01. The van der Waals surface area contributed by atoms with Gasteiger partial charge in [-0.15, -0.1) is 15.3 Å². The Morgan fingerprint density at radius 1 is 1.25 bits per heavy atom. The van der Waals surface area contributed by atoms with Crippen LogP contribution in [0.25, 0.3) is 11.5 Å². The van der Waals surface area contributed by atoms with E-state index in [1.54, 1.807) is 0 Å². The first kappa shape index (κ1) is 12.7. The zero-order valence-corrected chi connectivity index (χ0v) is 11.5. The summed E-state index contributed by atoms with van der Waals surface area (Å²) >= 11 is 1.40. The minimum atomic E-state index is -0.0600. The smallest absolute Gasteiger partial charge is 0.247 e. The van der Waals surface area contributed by atoms with Gasteiger partial charge in [0.2, 0.25) is 22.9 Å². The SMILES string of the molecule is C[C@@H](Sc1n[nH]c(N)n1)c1nnc(-c2ccccc2)o1. The van der Waals surface area contributed by atoms with Crippen molar-refractivity contribution in [2.45, 2.75) is 17.3 Å². The number of aromatic nitrogens is 5. The van der Waals surface area contributed by atoms with Crippen LogP contribution in [0.5, 0.6) is 0 Å². The van der Waals surface area contributed by atoms with Crippen molar-refractivity contribution in [2.75, 3.05) is 5.73 Å². The average Bonchev–Trinajstić information content (AvgIpc) is 3.09. The molecule has 2 aromatic heterocycles. The fraction of sp³-hybridized carbons (Fsp3) is 0.167. The first-order valence-electron chi connectivity index (χ1n) is 5.96. The third kappa shape index (κ3) is 2.64. The van der Waals surface area contributed by atoms with E-state index in [1.807, 2.05) is 37.3 Å². The fourth-order valence-electron chi connectivity index (χ4n) is 1.62. The number of benzene rings is 1. The van der Waals surface area contributed by atoms with Crippen molar-refractivity contribution in [1.29, 1.82) is 0 Å². The molecule has 0 unspecified atom stereocenters. The Morgan fingerprint density at radius 2 is 2.05 bits per heavy atom. The molecule has 3 rings (SSSR count). The topological polar surface area (TPSA) is 107 Å². The summed E-state index contributed by atoms with van der Waals surface area (Å²) in [6.07, 6.45) is 0. The molecule has 3 N–H and O–H groups in total. The second-order valence-corrected chi connectivity index (χ2v) is 5.38. The van der Waals surface area contributed by atoms with Crippen LogP contribution in [0.2, 0.25) is 0 Å². The zero-order chi connectivity index (χ0) is 13.9. The number of hydrogen-bond acceptors (Lipinski definition) is 7. The molecule has 0 aliphatic heterocycles. The standard InChI is InChI=1S/C12H12N6OS/c1-7(20-12-14-11(13)17-18-12)9-15-16-10(19-9)8-5-3-2-4-6-8/h2-7H,1H3,(H3,13,14,17,18)/t7-/m1/s1. The van der Waals surface area contributed by atoms with Crippen LogP contribution in [0, 0.1) is 0 Å². The van der Waals surface area contributed by atoms with Crippen LogP contribution >= 0.6 is 11.8 Å². The van der Waals surface area contributed by atoms with E-state index in [0.717, 1.165) is 5.56 Å². The molecule has 0 amide bonds. The van der Waals surface area contributed by atoms with Gasteiger partial charge in [-0.25, -0.2) is 5.10 Å². The molecule has 8 heteroatoms. The van der Waals surface area contributed by atoms with E-state index in [-0.39, 0.29) is 11.2 Å². The molecule has 0 aliphatic carbocycles. The minimum Gasteiger partial charge on any atom is -0.419 e. The monoisotopic (exact) mass is 288 g/mol. The number of aromatic amines is 1. The van der Waals surface area contributed by atoms with E-state index >= 15 is 0 Å². The van der Waals surface area contributed by atoms with Crippen LogP contribution in [0.15, 0.2) is 39.9 Å². The number of hydrogen-bond donors (Lipinski definition) is 2. The van der Waals surface area contributed by atoms with Gasteiger partial charge in [-0.05, 0) is 19.1 Å². The number of thioether (sulfide) groups is 1. The summed E-state index contributed by atoms with van der Waals surface area (Å²) in [6, 6.07) is 9.63. The summed E-state index contributed by atoms with van der Waals surface area (Å²) in [5.41, 5.74) is 6.37. The van der Waals surface area contributed by atoms with Crippen molar-refractivity contribution in [1.82, 2.24) is 25.4 Å². The summed E-state index contributed by atoms with van der Waals surface area (Å²) in [4.78, 5) is 4.03. The largest absolute Gasteiger partial charge is 0.419 e.